The number of aromatic nitrogens is 1. The number of aryl methyl sites for hydroxylation is 1. The summed E-state index contributed by atoms with van der Waals surface area (Å²) in [5, 5.41) is 6.51. The quantitative estimate of drug-likeness (QED) is 0.895. The molecule has 118 valence electrons. The maximum absolute atomic E-state index is 12.5. The summed E-state index contributed by atoms with van der Waals surface area (Å²) >= 11 is 1.69. The van der Waals surface area contributed by atoms with Crippen LogP contribution in [0, 0.1) is 18.3 Å². The Morgan fingerprint density at radius 1 is 1.43 bits per heavy atom. The van der Waals surface area contributed by atoms with E-state index in [9.17, 15) is 4.79 Å². The Balaban J connectivity index is 2.09. The Kier molecular flexibility index (Phi) is 4.76. The van der Waals surface area contributed by atoms with Crippen molar-refractivity contribution in [1.82, 2.24) is 10.3 Å². The molecule has 1 unspecified atom stereocenters. The van der Waals surface area contributed by atoms with Crippen molar-refractivity contribution in [2.24, 2.45) is 11.3 Å². The highest BCUT2D eigenvalue weighted by atomic mass is 32.1. The van der Waals surface area contributed by atoms with Gasteiger partial charge in [0.25, 0.3) is 0 Å². The van der Waals surface area contributed by atoms with Crippen molar-refractivity contribution in [1.29, 1.82) is 0 Å². The Hall–Kier alpha value is -0.900. The average molecular weight is 308 g/mol. The van der Waals surface area contributed by atoms with E-state index >= 15 is 0 Å². The molecule has 4 heteroatoms. The van der Waals surface area contributed by atoms with Gasteiger partial charge in [-0.3, -0.25) is 4.79 Å². The van der Waals surface area contributed by atoms with Crippen LogP contribution in [-0.2, 0) is 10.3 Å². The van der Waals surface area contributed by atoms with E-state index in [1.54, 1.807) is 11.3 Å². The lowest BCUT2D eigenvalue weighted by molar-refractivity contribution is -0.124. The van der Waals surface area contributed by atoms with Crippen molar-refractivity contribution >= 4 is 17.2 Å². The first-order chi connectivity index (χ1) is 9.73. The zero-order valence-electron chi connectivity index (χ0n) is 14.0. The molecular formula is C17H28N2OS. The highest BCUT2D eigenvalue weighted by Crippen LogP contribution is 2.40. The molecule has 1 aliphatic rings. The molecule has 1 aliphatic carbocycles. The summed E-state index contributed by atoms with van der Waals surface area (Å²) in [7, 11) is 0. The number of nitrogens with zero attached hydrogens (tertiary/aromatic N) is 1. The lowest BCUT2D eigenvalue weighted by atomic mass is 9.80. The largest absolute Gasteiger partial charge is 0.344 e. The molecular weight excluding hydrogens is 280 g/mol. The first kappa shape index (κ1) is 16.5. The number of nitrogens with one attached hydrogen (secondary N) is 1. The van der Waals surface area contributed by atoms with Crippen molar-refractivity contribution in [2.75, 3.05) is 0 Å². The number of thiazole rings is 1. The van der Waals surface area contributed by atoms with Gasteiger partial charge in [0.2, 0.25) is 5.91 Å². The van der Waals surface area contributed by atoms with E-state index < -0.39 is 0 Å². The number of hydrogen-bond donors (Lipinski definition) is 1. The minimum absolute atomic E-state index is 0.165. The molecule has 1 fully saturated rings. The van der Waals surface area contributed by atoms with Gasteiger partial charge >= 0.3 is 0 Å². The second-order valence-electron chi connectivity index (χ2n) is 7.60. The molecule has 0 radical (unpaired) electrons. The average Bonchev–Trinajstić information content (AvgIpc) is 2.97. The van der Waals surface area contributed by atoms with Gasteiger partial charge in [-0.05, 0) is 31.1 Å². The van der Waals surface area contributed by atoms with E-state index in [0.717, 1.165) is 23.5 Å². The zero-order valence-corrected chi connectivity index (χ0v) is 14.8. The maximum Gasteiger partial charge on any atom is 0.221 e. The Bertz CT molecular complexity index is 495. The first-order valence-electron chi connectivity index (χ1n) is 7.96. The predicted octanol–water partition coefficient (Wildman–Crippen LogP) is 4.41. The van der Waals surface area contributed by atoms with E-state index in [-0.39, 0.29) is 16.9 Å². The molecule has 2 rings (SSSR count). The normalized spacial score (nSPS) is 19.5. The molecule has 1 saturated carbocycles. The highest BCUT2D eigenvalue weighted by Gasteiger charge is 2.40. The third-order valence-corrected chi connectivity index (χ3v) is 6.00. The SMILES string of the molecule is Cc1csc(C2(NC(=O)CC(C)C(C)(C)C)CCCC2)n1. The summed E-state index contributed by atoms with van der Waals surface area (Å²) in [5.74, 6) is 0.543. The molecule has 1 aromatic heterocycles. The molecule has 0 bridgehead atoms. The number of amides is 1. The van der Waals surface area contributed by atoms with E-state index in [2.05, 4.69) is 43.4 Å². The topological polar surface area (TPSA) is 42.0 Å². The molecule has 0 aromatic carbocycles. The number of carbonyl (C=O) groups is 1. The Morgan fingerprint density at radius 2 is 2.05 bits per heavy atom. The van der Waals surface area contributed by atoms with Gasteiger partial charge in [0, 0.05) is 17.5 Å². The smallest absolute Gasteiger partial charge is 0.221 e. The van der Waals surface area contributed by atoms with Gasteiger partial charge in [-0.1, -0.05) is 40.5 Å². The number of carbonyl (C=O) groups excluding carboxylic acids is 1. The summed E-state index contributed by atoms with van der Waals surface area (Å²) < 4.78 is 0. The number of hydrogen-bond acceptors (Lipinski definition) is 3. The Morgan fingerprint density at radius 3 is 2.52 bits per heavy atom. The van der Waals surface area contributed by atoms with Crippen LogP contribution in [0.1, 0.15) is 70.5 Å². The van der Waals surface area contributed by atoms with Crippen LogP contribution in [0.2, 0.25) is 0 Å². The third-order valence-electron chi connectivity index (χ3n) is 4.83. The fourth-order valence-corrected chi connectivity index (χ4v) is 3.86. The summed E-state index contributed by atoms with van der Waals surface area (Å²) in [4.78, 5) is 17.2. The molecule has 1 amide bonds. The van der Waals surface area contributed by atoms with E-state index in [1.165, 1.54) is 12.8 Å². The summed E-state index contributed by atoms with van der Waals surface area (Å²) in [6.07, 6.45) is 4.99. The monoisotopic (exact) mass is 308 g/mol. The molecule has 0 saturated heterocycles. The molecule has 0 spiro atoms. The molecule has 1 atom stereocenters. The van der Waals surface area contributed by atoms with E-state index in [1.807, 2.05) is 6.92 Å². The first-order valence-corrected chi connectivity index (χ1v) is 8.84. The standard InChI is InChI=1S/C17H28N2OS/c1-12(16(3,4)5)10-14(20)19-17(8-6-7-9-17)15-18-13(2)11-21-15/h11-12H,6-10H2,1-5H3,(H,19,20). The molecule has 0 aliphatic heterocycles. The fraction of sp³-hybridized carbons (Fsp3) is 0.765. The summed E-state index contributed by atoms with van der Waals surface area (Å²) in [6.45, 7) is 10.8. The van der Waals surface area contributed by atoms with Crippen LogP contribution in [0.3, 0.4) is 0 Å². The van der Waals surface area contributed by atoms with Crippen molar-refractivity contribution in [3.63, 3.8) is 0 Å². The van der Waals surface area contributed by atoms with Crippen molar-refractivity contribution in [2.45, 2.75) is 72.3 Å². The van der Waals surface area contributed by atoms with Gasteiger partial charge in [0.15, 0.2) is 0 Å². The van der Waals surface area contributed by atoms with Crippen LogP contribution in [0.5, 0.6) is 0 Å². The summed E-state index contributed by atoms with van der Waals surface area (Å²) in [6, 6.07) is 0. The Labute approximate surface area is 132 Å². The summed E-state index contributed by atoms with van der Waals surface area (Å²) in [5.41, 5.74) is 1.02. The van der Waals surface area contributed by atoms with Crippen molar-refractivity contribution < 1.29 is 4.79 Å². The van der Waals surface area contributed by atoms with Crippen LogP contribution in [-0.4, -0.2) is 10.9 Å². The van der Waals surface area contributed by atoms with Crippen LogP contribution < -0.4 is 5.32 Å². The van der Waals surface area contributed by atoms with Gasteiger partial charge in [-0.2, -0.15) is 0 Å². The van der Waals surface area contributed by atoms with Crippen molar-refractivity contribution in [3.8, 4) is 0 Å². The van der Waals surface area contributed by atoms with E-state index in [0.29, 0.717) is 12.3 Å². The molecule has 1 N–H and O–H groups in total. The van der Waals surface area contributed by atoms with Gasteiger partial charge in [0.05, 0.1) is 5.54 Å². The van der Waals surface area contributed by atoms with Gasteiger partial charge in [-0.25, -0.2) is 4.98 Å². The van der Waals surface area contributed by atoms with Gasteiger partial charge in [-0.15, -0.1) is 11.3 Å². The van der Waals surface area contributed by atoms with Crippen molar-refractivity contribution in [3.05, 3.63) is 16.1 Å². The molecule has 3 nitrogen and oxygen atoms in total. The minimum Gasteiger partial charge on any atom is -0.344 e. The minimum atomic E-state index is -0.201. The molecule has 1 heterocycles. The maximum atomic E-state index is 12.5. The van der Waals surface area contributed by atoms with Gasteiger partial charge < -0.3 is 5.32 Å². The van der Waals surface area contributed by atoms with Crippen LogP contribution in [0.4, 0.5) is 0 Å². The second kappa shape index (κ2) is 6.07. The molecule has 21 heavy (non-hydrogen) atoms. The fourth-order valence-electron chi connectivity index (χ4n) is 2.85. The second-order valence-corrected chi connectivity index (χ2v) is 8.46. The highest BCUT2D eigenvalue weighted by molar-refractivity contribution is 7.09. The zero-order chi connectivity index (χ0) is 15.7. The van der Waals surface area contributed by atoms with Gasteiger partial charge in [0.1, 0.15) is 5.01 Å². The third kappa shape index (κ3) is 3.85. The number of rotatable bonds is 4. The van der Waals surface area contributed by atoms with Crippen LogP contribution >= 0.6 is 11.3 Å². The lowest BCUT2D eigenvalue weighted by Gasteiger charge is -2.31. The van der Waals surface area contributed by atoms with Crippen LogP contribution in [0.15, 0.2) is 5.38 Å². The van der Waals surface area contributed by atoms with Crippen LogP contribution in [0.25, 0.3) is 0 Å². The predicted molar refractivity (Wildman–Crippen MR) is 88.4 cm³/mol. The molecule has 1 aromatic rings. The van der Waals surface area contributed by atoms with E-state index in [4.69, 9.17) is 0 Å². The lowest BCUT2D eigenvalue weighted by Crippen LogP contribution is -2.44.